The maximum atomic E-state index is 5.86. The lowest BCUT2D eigenvalue weighted by Crippen LogP contribution is -2.06. The van der Waals surface area contributed by atoms with E-state index in [-0.39, 0.29) is 0 Å². The molecule has 0 aliphatic heterocycles. The maximum Gasteiger partial charge on any atom is 0.125 e. The number of hydrogen-bond donors (Lipinski definition) is 0. The molecular formula is C17H25NO3. The Kier molecular flexibility index (Phi) is 7.37. The van der Waals surface area contributed by atoms with Crippen LogP contribution in [0.2, 0.25) is 0 Å². The molecule has 0 aliphatic carbocycles. The van der Waals surface area contributed by atoms with Crippen LogP contribution in [0.1, 0.15) is 31.4 Å². The number of oxime groups is 1. The molecule has 0 saturated heterocycles. The number of benzene rings is 1. The van der Waals surface area contributed by atoms with E-state index >= 15 is 0 Å². The first kappa shape index (κ1) is 17.1. The lowest BCUT2D eigenvalue weighted by molar-refractivity contribution is 0.211. The molecule has 0 fully saturated rings. The van der Waals surface area contributed by atoms with Crippen molar-refractivity contribution < 1.29 is 14.3 Å². The van der Waals surface area contributed by atoms with Crippen LogP contribution >= 0.6 is 0 Å². The summed E-state index contributed by atoms with van der Waals surface area (Å²) < 4.78 is 11.5. The smallest absolute Gasteiger partial charge is 0.125 e. The van der Waals surface area contributed by atoms with Crippen molar-refractivity contribution in [1.82, 2.24) is 0 Å². The first-order valence-corrected chi connectivity index (χ1v) is 7.13. The summed E-state index contributed by atoms with van der Waals surface area (Å²) in [5.74, 6) is 1.78. The van der Waals surface area contributed by atoms with E-state index in [0.717, 1.165) is 34.8 Å². The van der Waals surface area contributed by atoms with E-state index in [9.17, 15) is 0 Å². The SMILES string of the molecule is C/C=C/COc1cc(C)c(OCC/C(C)=N/OC)c(C)c1. The standard InChI is InChI=1S/C17H25NO3/c1-6-7-9-20-16-11-13(2)17(14(3)12-16)21-10-8-15(4)18-19-5/h6-7,11-12H,8-10H2,1-5H3/b7-6+,18-15+. The van der Waals surface area contributed by atoms with Gasteiger partial charge in [-0.25, -0.2) is 0 Å². The minimum atomic E-state index is 0.582. The lowest BCUT2D eigenvalue weighted by atomic mass is 10.1. The minimum absolute atomic E-state index is 0.582. The molecule has 1 aromatic carbocycles. The number of nitrogens with zero attached hydrogens (tertiary/aromatic N) is 1. The fourth-order valence-corrected chi connectivity index (χ4v) is 1.96. The van der Waals surface area contributed by atoms with Crippen molar-refractivity contribution in [3.05, 3.63) is 35.4 Å². The van der Waals surface area contributed by atoms with Crippen LogP contribution in [0.4, 0.5) is 0 Å². The van der Waals surface area contributed by atoms with Gasteiger partial charge in [0.25, 0.3) is 0 Å². The molecule has 0 N–H and O–H groups in total. The summed E-state index contributed by atoms with van der Waals surface area (Å²) in [6.45, 7) is 9.12. The molecule has 1 rings (SSSR count). The van der Waals surface area contributed by atoms with Crippen LogP contribution in [0.3, 0.4) is 0 Å². The predicted octanol–water partition coefficient (Wildman–Crippen LogP) is 4.05. The third-order valence-corrected chi connectivity index (χ3v) is 2.97. The zero-order valence-electron chi connectivity index (χ0n) is 13.6. The molecule has 0 atom stereocenters. The van der Waals surface area contributed by atoms with Gasteiger partial charge in [-0.15, -0.1) is 0 Å². The molecular weight excluding hydrogens is 266 g/mol. The summed E-state index contributed by atoms with van der Waals surface area (Å²) in [6, 6.07) is 4.00. The molecule has 0 bridgehead atoms. The molecule has 0 spiro atoms. The van der Waals surface area contributed by atoms with Gasteiger partial charge in [0.2, 0.25) is 0 Å². The average Bonchev–Trinajstić information content (AvgIpc) is 2.42. The van der Waals surface area contributed by atoms with Crippen LogP contribution in [0.15, 0.2) is 29.4 Å². The summed E-state index contributed by atoms with van der Waals surface area (Å²) in [5, 5.41) is 3.87. The molecule has 1 aromatic rings. The zero-order valence-corrected chi connectivity index (χ0v) is 13.6. The normalized spacial score (nSPS) is 11.8. The van der Waals surface area contributed by atoms with Gasteiger partial charge in [0.15, 0.2) is 0 Å². The van der Waals surface area contributed by atoms with Gasteiger partial charge in [0, 0.05) is 6.42 Å². The van der Waals surface area contributed by atoms with Gasteiger partial charge in [-0.05, 0) is 51.0 Å². The monoisotopic (exact) mass is 291 g/mol. The summed E-state index contributed by atoms with van der Waals surface area (Å²) in [6.07, 6.45) is 4.69. The van der Waals surface area contributed by atoms with Crippen LogP contribution in [0, 0.1) is 13.8 Å². The van der Waals surface area contributed by atoms with Gasteiger partial charge in [-0.1, -0.05) is 17.3 Å². The van der Waals surface area contributed by atoms with Gasteiger partial charge in [0.1, 0.15) is 25.2 Å². The van der Waals surface area contributed by atoms with Gasteiger partial charge in [-0.3, -0.25) is 0 Å². The third kappa shape index (κ3) is 5.90. The zero-order chi connectivity index (χ0) is 15.7. The Balaban J connectivity index is 2.65. The Morgan fingerprint density at radius 1 is 1.19 bits per heavy atom. The second-order valence-electron chi connectivity index (χ2n) is 4.87. The Morgan fingerprint density at radius 3 is 2.43 bits per heavy atom. The van der Waals surface area contributed by atoms with E-state index in [1.54, 1.807) is 7.11 Å². The highest BCUT2D eigenvalue weighted by Gasteiger charge is 2.07. The molecule has 0 aliphatic rings. The fraction of sp³-hybridized carbons (Fsp3) is 0.471. The first-order valence-electron chi connectivity index (χ1n) is 7.13. The van der Waals surface area contributed by atoms with Crippen molar-refractivity contribution in [2.75, 3.05) is 20.3 Å². The summed E-state index contributed by atoms with van der Waals surface area (Å²) in [5.41, 5.74) is 3.07. The van der Waals surface area contributed by atoms with Crippen LogP contribution in [0.5, 0.6) is 11.5 Å². The molecule has 0 aromatic heterocycles. The molecule has 116 valence electrons. The van der Waals surface area contributed by atoms with Crippen molar-refractivity contribution in [2.24, 2.45) is 5.16 Å². The lowest BCUT2D eigenvalue weighted by Gasteiger charge is -2.14. The molecule has 4 heteroatoms. The molecule has 4 nitrogen and oxygen atoms in total. The Labute approximate surface area is 127 Å². The maximum absolute atomic E-state index is 5.86. The largest absolute Gasteiger partial charge is 0.493 e. The van der Waals surface area contributed by atoms with E-state index in [2.05, 4.69) is 5.16 Å². The second-order valence-corrected chi connectivity index (χ2v) is 4.87. The van der Waals surface area contributed by atoms with Crippen LogP contribution in [0.25, 0.3) is 0 Å². The number of hydrogen-bond acceptors (Lipinski definition) is 4. The van der Waals surface area contributed by atoms with Crippen molar-refractivity contribution in [3.63, 3.8) is 0 Å². The van der Waals surface area contributed by atoms with E-state index in [0.29, 0.717) is 13.2 Å². The van der Waals surface area contributed by atoms with Gasteiger partial charge >= 0.3 is 0 Å². The van der Waals surface area contributed by atoms with Crippen LogP contribution in [-0.4, -0.2) is 26.0 Å². The number of rotatable bonds is 8. The summed E-state index contributed by atoms with van der Waals surface area (Å²) in [4.78, 5) is 4.73. The molecule has 0 unspecified atom stereocenters. The first-order chi connectivity index (χ1) is 10.1. The van der Waals surface area contributed by atoms with Gasteiger partial charge < -0.3 is 14.3 Å². The molecule has 21 heavy (non-hydrogen) atoms. The van der Waals surface area contributed by atoms with E-state index in [1.807, 2.05) is 52.0 Å². The highest BCUT2D eigenvalue weighted by molar-refractivity contribution is 5.81. The molecule has 0 saturated carbocycles. The van der Waals surface area contributed by atoms with Crippen molar-refractivity contribution in [2.45, 2.75) is 34.1 Å². The van der Waals surface area contributed by atoms with E-state index in [4.69, 9.17) is 14.3 Å². The Bertz CT molecular complexity index is 484. The fourth-order valence-electron chi connectivity index (χ4n) is 1.96. The average molecular weight is 291 g/mol. The topological polar surface area (TPSA) is 40.0 Å². The molecule has 0 heterocycles. The Hall–Kier alpha value is -1.97. The number of allylic oxidation sites excluding steroid dienone is 1. The number of ether oxygens (including phenoxy) is 2. The molecule has 0 amide bonds. The van der Waals surface area contributed by atoms with Crippen molar-refractivity contribution in [3.8, 4) is 11.5 Å². The van der Waals surface area contributed by atoms with E-state index < -0.39 is 0 Å². The van der Waals surface area contributed by atoms with Crippen LogP contribution in [-0.2, 0) is 4.84 Å². The Morgan fingerprint density at radius 2 is 1.86 bits per heavy atom. The molecule has 0 radical (unpaired) electrons. The number of aryl methyl sites for hydroxylation is 2. The van der Waals surface area contributed by atoms with Gasteiger partial charge in [-0.2, -0.15) is 0 Å². The van der Waals surface area contributed by atoms with Crippen molar-refractivity contribution in [1.29, 1.82) is 0 Å². The summed E-state index contributed by atoms with van der Waals surface area (Å²) >= 11 is 0. The van der Waals surface area contributed by atoms with Gasteiger partial charge in [0.05, 0.1) is 12.3 Å². The quantitative estimate of drug-likeness (QED) is 0.412. The summed E-state index contributed by atoms with van der Waals surface area (Å²) in [7, 11) is 1.55. The second kappa shape index (κ2) is 9.06. The van der Waals surface area contributed by atoms with E-state index in [1.165, 1.54) is 0 Å². The predicted molar refractivity (Wildman–Crippen MR) is 86.5 cm³/mol. The highest BCUT2D eigenvalue weighted by Crippen LogP contribution is 2.28. The minimum Gasteiger partial charge on any atom is -0.493 e. The van der Waals surface area contributed by atoms with Crippen LogP contribution < -0.4 is 9.47 Å². The highest BCUT2D eigenvalue weighted by atomic mass is 16.6. The third-order valence-electron chi connectivity index (χ3n) is 2.97. The van der Waals surface area contributed by atoms with Crippen molar-refractivity contribution >= 4 is 5.71 Å².